The van der Waals surface area contributed by atoms with Crippen molar-refractivity contribution in [2.24, 2.45) is 16.6 Å². The third-order valence-electron chi connectivity index (χ3n) is 6.20. The predicted octanol–water partition coefficient (Wildman–Crippen LogP) is 6.10. The van der Waals surface area contributed by atoms with Crippen LogP contribution in [0.2, 0.25) is 5.02 Å². The summed E-state index contributed by atoms with van der Waals surface area (Å²) >= 11 is 6.29. The minimum absolute atomic E-state index is 0.494. The smallest absolute Gasteiger partial charge is 0.0556 e. The van der Waals surface area contributed by atoms with Crippen molar-refractivity contribution >= 4 is 17.8 Å². The third-order valence-corrected chi connectivity index (χ3v) is 6.44. The van der Waals surface area contributed by atoms with Crippen molar-refractivity contribution in [3.05, 3.63) is 70.2 Å². The third kappa shape index (κ3) is 8.14. The molecule has 5 heteroatoms. The Hall–Kier alpha value is -2.04. The van der Waals surface area contributed by atoms with Gasteiger partial charge in [0.25, 0.3) is 0 Å². The molecule has 0 radical (unpaired) electrons. The first kappa shape index (κ1) is 26.2. The summed E-state index contributed by atoms with van der Waals surface area (Å²) in [5.74, 6) is 0.992. The Kier molecular flexibility index (Phi) is 12.2. The number of aliphatic imine (C=N–C) groups is 1. The number of allylic oxidation sites excluding steroid dienone is 4. The second-order valence-electron chi connectivity index (χ2n) is 8.22. The molecule has 4 nitrogen and oxygen atoms in total. The second kappa shape index (κ2) is 14.9. The molecule has 0 fully saturated rings. The van der Waals surface area contributed by atoms with Gasteiger partial charge in [-0.1, -0.05) is 50.1 Å². The van der Waals surface area contributed by atoms with Crippen LogP contribution in [0.3, 0.4) is 0 Å². The highest BCUT2D eigenvalue weighted by Gasteiger charge is 2.27. The molecule has 0 amide bonds. The summed E-state index contributed by atoms with van der Waals surface area (Å²) in [5.41, 5.74) is 11.1. The number of rotatable bonds is 9. The number of nitrogens with two attached hydrogens (primary N) is 1. The highest BCUT2D eigenvalue weighted by Crippen LogP contribution is 2.40. The lowest BCUT2D eigenvalue weighted by molar-refractivity contribution is 0.465. The van der Waals surface area contributed by atoms with E-state index in [4.69, 9.17) is 17.3 Å². The molecule has 0 saturated heterocycles. The quantitative estimate of drug-likeness (QED) is 0.311. The van der Waals surface area contributed by atoms with Crippen LogP contribution in [0, 0.1) is 5.92 Å². The van der Waals surface area contributed by atoms with Crippen molar-refractivity contribution in [1.29, 1.82) is 0 Å². The second-order valence-corrected chi connectivity index (χ2v) is 8.65. The van der Waals surface area contributed by atoms with Crippen LogP contribution in [0.1, 0.15) is 69.9 Å². The summed E-state index contributed by atoms with van der Waals surface area (Å²) in [7, 11) is 0. The topological polar surface area (TPSA) is 62.4 Å². The highest BCUT2D eigenvalue weighted by atomic mass is 35.5. The molecule has 0 spiro atoms. The van der Waals surface area contributed by atoms with E-state index in [1.165, 1.54) is 23.1 Å². The Morgan fingerprint density at radius 3 is 2.81 bits per heavy atom. The molecule has 2 aliphatic rings. The van der Waals surface area contributed by atoms with Gasteiger partial charge in [-0.05, 0) is 99.0 Å². The zero-order chi connectivity index (χ0) is 23.2. The van der Waals surface area contributed by atoms with Gasteiger partial charge in [-0.15, -0.1) is 0 Å². The van der Waals surface area contributed by atoms with Gasteiger partial charge in [-0.3, -0.25) is 4.99 Å². The molecular formula is C27H41ClN4. The molecule has 3 rings (SSSR count). The van der Waals surface area contributed by atoms with Gasteiger partial charge in [0.2, 0.25) is 0 Å². The monoisotopic (exact) mass is 456 g/mol. The van der Waals surface area contributed by atoms with Crippen LogP contribution in [-0.4, -0.2) is 25.8 Å². The van der Waals surface area contributed by atoms with Crippen molar-refractivity contribution in [2.45, 2.75) is 65.2 Å². The number of nitrogens with zero attached hydrogens (tertiary/aromatic N) is 1. The van der Waals surface area contributed by atoms with Crippen molar-refractivity contribution < 1.29 is 0 Å². The Labute approximate surface area is 200 Å². The zero-order valence-corrected chi connectivity index (χ0v) is 20.8. The van der Waals surface area contributed by atoms with Gasteiger partial charge in [0.1, 0.15) is 0 Å². The van der Waals surface area contributed by atoms with E-state index in [-0.39, 0.29) is 0 Å². The Bertz CT molecular complexity index is 810. The predicted molar refractivity (Wildman–Crippen MR) is 140 cm³/mol. The molecule has 176 valence electrons. The lowest BCUT2D eigenvalue weighted by atomic mass is 9.80. The molecule has 1 aliphatic carbocycles. The van der Waals surface area contributed by atoms with Gasteiger partial charge in [-0.2, -0.15) is 0 Å². The van der Waals surface area contributed by atoms with Gasteiger partial charge in [0, 0.05) is 24.0 Å². The lowest BCUT2D eigenvalue weighted by Crippen LogP contribution is -2.22. The number of hydrogen-bond acceptors (Lipinski definition) is 4. The van der Waals surface area contributed by atoms with Crippen LogP contribution in [0.5, 0.6) is 0 Å². The van der Waals surface area contributed by atoms with E-state index in [9.17, 15) is 0 Å². The fraction of sp³-hybridized carbons (Fsp3) is 0.519. The fourth-order valence-electron chi connectivity index (χ4n) is 4.51. The number of halogens is 1. The van der Waals surface area contributed by atoms with E-state index >= 15 is 0 Å². The fourth-order valence-corrected chi connectivity index (χ4v) is 4.71. The van der Waals surface area contributed by atoms with Crippen LogP contribution in [0.4, 0.5) is 0 Å². The minimum atomic E-state index is 0.494. The van der Waals surface area contributed by atoms with E-state index in [0.29, 0.717) is 11.8 Å². The molecule has 4 N–H and O–H groups in total. The molecule has 1 aliphatic heterocycles. The molecule has 1 aromatic rings. The number of hydrogen-bond donors (Lipinski definition) is 3. The van der Waals surface area contributed by atoms with Crippen molar-refractivity contribution in [3.8, 4) is 0 Å². The van der Waals surface area contributed by atoms with Gasteiger partial charge >= 0.3 is 0 Å². The maximum atomic E-state index is 6.29. The van der Waals surface area contributed by atoms with Gasteiger partial charge < -0.3 is 16.4 Å². The Morgan fingerprint density at radius 1 is 1.22 bits per heavy atom. The summed E-state index contributed by atoms with van der Waals surface area (Å²) in [5, 5.41) is 7.71. The standard InChI is InChI=1S/C25H35ClN4.C2H6/c1-19-20(5-4-12-27)7-8-21-17-22(26)9-10-25(21)24(19)11-14-28-13-3-2-6-23-18-29-15-16-30-23;1-2/h4-5,9-10,12,16-19,24,28-29H,2-3,6-8,11,13-15,27H2,1H3;1-2H3/b12-4-,20-5-;. The summed E-state index contributed by atoms with van der Waals surface area (Å²) in [6, 6.07) is 6.44. The van der Waals surface area contributed by atoms with E-state index in [0.717, 1.165) is 62.5 Å². The maximum Gasteiger partial charge on any atom is 0.0556 e. The molecule has 32 heavy (non-hydrogen) atoms. The maximum absolute atomic E-state index is 6.29. The molecule has 0 bridgehead atoms. The number of nitrogens with one attached hydrogen (secondary N) is 2. The molecule has 0 saturated carbocycles. The first-order chi connectivity index (χ1) is 15.7. The number of benzene rings is 1. The van der Waals surface area contributed by atoms with Crippen molar-refractivity contribution in [3.63, 3.8) is 0 Å². The summed E-state index contributed by atoms with van der Waals surface area (Å²) in [4.78, 5) is 4.42. The largest absolute Gasteiger partial charge is 0.405 e. The zero-order valence-electron chi connectivity index (χ0n) is 20.0. The van der Waals surface area contributed by atoms with Gasteiger partial charge in [-0.25, -0.2) is 0 Å². The molecule has 2 unspecified atom stereocenters. The minimum Gasteiger partial charge on any atom is -0.405 e. The van der Waals surface area contributed by atoms with Crippen LogP contribution in [0.25, 0.3) is 0 Å². The average Bonchev–Trinajstić information content (AvgIpc) is 2.95. The molecular weight excluding hydrogens is 416 g/mol. The highest BCUT2D eigenvalue weighted by molar-refractivity contribution is 6.30. The lowest BCUT2D eigenvalue weighted by Gasteiger charge is -2.25. The van der Waals surface area contributed by atoms with Gasteiger partial charge in [0.15, 0.2) is 0 Å². The Morgan fingerprint density at radius 2 is 2.06 bits per heavy atom. The van der Waals surface area contributed by atoms with Crippen molar-refractivity contribution in [1.82, 2.24) is 10.6 Å². The van der Waals surface area contributed by atoms with Gasteiger partial charge in [0.05, 0.1) is 5.70 Å². The van der Waals surface area contributed by atoms with Crippen LogP contribution >= 0.6 is 11.6 Å². The summed E-state index contributed by atoms with van der Waals surface area (Å²) in [6.45, 7) is 9.29. The molecule has 2 atom stereocenters. The van der Waals surface area contributed by atoms with E-state index in [2.05, 4.69) is 40.8 Å². The average molecular weight is 457 g/mol. The van der Waals surface area contributed by atoms with E-state index < -0.39 is 0 Å². The van der Waals surface area contributed by atoms with E-state index in [1.54, 1.807) is 6.20 Å². The van der Waals surface area contributed by atoms with Crippen molar-refractivity contribution in [2.75, 3.05) is 19.6 Å². The molecule has 1 aromatic carbocycles. The number of aryl methyl sites for hydroxylation is 1. The SMILES string of the molecule is CC.CC1/C(=C\C=C/N)CCc2cc(Cl)ccc2C1CCNCCCCC1=CNCC=N1. The first-order valence-electron chi connectivity index (χ1n) is 12.2. The first-order valence-corrected chi connectivity index (χ1v) is 12.6. The summed E-state index contributed by atoms with van der Waals surface area (Å²) < 4.78 is 0. The normalized spacial score (nSPS) is 21.4. The Balaban J connectivity index is 0.00000176. The van der Waals surface area contributed by atoms with Crippen LogP contribution < -0.4 is 16.4 Å². The summed E-state index contributed by atoms with van der Waals surface area (Å²) in [6.07, 6.45) is 16.4. The van der Waals surface area contributed by atoms with Crippen LogP contribution in [0.15, 0.2) is 59.0 Å². The molecule has 0 aromatic heterocycles. The van der Waals surface area contributed by atoms with E-state index in [1.807, 2.05) is 38.4 Å². The number of fused-ring (bicyclic) bond motifs is 1. The molecule has 1 heterocycles. The van der Waals surface area contributed by atoms with Crippen LogP contribution in [-0.2, 0) is 6.42 Å². The number of unbranched alkanes of at least 4 members (excludes halogenated alkanes) is 1.